The number of hydrogen-bond acceptors (Lipinski definition) is 5. The molecule has 0 N–H and O–H groups in total. The van der Waals surface area contributed by atoms with Crippen molar-refractivity contribution in [1.82, 2.24) is 0 Å². The summed E-state index contributed by atoms with van der Waals surface area (Å²) in [6.07, 6.45) is 2.53. The summed E-state index contributed by atoms with van der Waals surface area (Å²) < 4.78 is 22.9. The first-order chi connectivity index (χ1) is 12.0. The fraction of sp³-hybridized carbons (Fsp3) is 0.118. The molecule has 0 aromatic heterocycles. The molecule has 6 nitrogen and oxygen atoms in total. The Labute approximate surface area is 147 Å². The van der Waals surface area contributed by atoms with Crippen molar-refractivity contribution in [3.05, 3.63) is 75.1 Å². The van der Waals surface area contributed by atoms with Crippen molar-refractivity contribution in [2.24, 2.45) is 0 Å². The number of benzene rings is 2. The topological polar surface area (TPSA) is 78.7 Å². The van der Waals surface area contributed by atoms with Gasteiger partial charge in [-0.2, -0.15) is 0 Å². The van der Waals surface area contributed by atoms with Crippen LogP contribution in [-0.4, -0.2) is 24.1 Å². The van der Waals surface area contributed by atoms with Gasteiger partial charge in [-0.25, -0.2) is 9.18 Å². The van der Waals surface area contributed by atoms with Gasteiger partial charge in [0.05, 0.1) is 4.92 Å². The lowest BCUT2D eigenvalue weighted by atomic mass is 10.2. The maximum Gasteiger partial charge on any atom is 0.330 e. The number of nitro benzene ring substituents is 1. The third kappa shape index (κ3) is 5.89. The van der Waals surface area contributed by atoms with Gasteiger partial charge in [-0.1, -0.05) is 17.7 Å². The van der Waals surface area contributed by atoms with Gasteiger partial charge in [0.1, 0.15) is 29.8 Å². The lowest BCUT2D eigenvalue weighted by molar-refractivity contribution is -0.384. The molecule has 0 amide bonds. The van der Waals surface area contributed by atoms with E-state index in [2.05, 4.69) is 0 Å². The van der Waals surface area contributed by atoms with E-state index in [0.717, 1.165) is 6.08 Å². The highest BCUT2D eigenvalue weighted by Crippen LogP contribution is 2.25. The molecule has 0 atom stereocenters. The second-order valence-electron chi connectivity index (χ2n) is 4.77. The van der Waals surface area contributed by atoms with Crippen LogP contribution >= 0.6 is 11.6 Å². The quantitative estimate of drug-likeness (QED) is 0.243. The smallest absolute Gasteiger partial charge is 0.330 e. The van der Waals surface area contributed by atoms with Gasteiger partial charge in [0.2, 0.25) is 0 Å². The van der Waals surface area contributed by atoms with E-state index in [1.165, 1.54) is 48.5 Å². The van der Waals surface area contributed by atoms with Gasteiger partial charge in [0.15, 0.2) is 0 Å². The van der Waals surface area contributed by atoms with Crippen molar-refractivity contribution in [1.29, 1.82) is 0 Å². The second-order valence-corrected chi connectivity index (χ2v) is 5.18. The third-order valence-electron chi connectivity index (χ3n) is 2.99. The van der Waals surface area contributed by atoms with Gasteiger partial charge in [-0.3, -0.25) is 10.1 Å². The Bertz CT molecular complexity index is 792. The molecule has 2 aromatic carbocycles. The first-order valence-corrected chi connectivity index (χ1v) is 7.50. The predicted octanol–water partition coefficient (Wildman–Crippen LogP) is 4.02. The minimum atomic E-state index is -0.625. The first-order valence-electron chi connectivity index (χ1n) is 7.13. The Morgan fingerprint density at radius 3 is 2.60 bits per heavy atom. The number of hydrogen-bond donors (Lipinski definition) is 0. The second kappa shape index (κ2) is 8.79. The molecule has 0 heterocycles. The highest BCUT2D eigenvalue weighted by molar-refractivity contribution is 6.32. The van der Waals surface area contributed by atoms with Crippen molar-refractivity contribution in [2.45, 2.75) is 0 Å². The minimum Gasteiger partial charge on any atom is -0.490 e. The van der Waals surface area contributed by atoms with Crippen LogP contribution in [0.25, 0.3) is 6.08 Å². The molecule has 0 saturated carbocycles. The Balaban J connectivity index is 1.80. The van der Waals surface area contributed by atoms with Crippen molar-refractivity contribution in [3.8, 4) is 5.75 Å². The van der Waals surface area contributed by atoms with E-state index in [4.69, 9.17) is 21.1 Å². The molecule has 130 valence electrons. The molecule has 0 aliphatic carbocycles. The summed E-state index contributed by atoms with van der Waals surface area (Å²) in [4.78, 5) is 21.8. The van der Waals surface area contributed by atoms with Crippen LogP contribution in [0, 0.1) is 15.9 Å². The Hall–Kier alpha value is -2.93. The van der Waals surface area contributed by atoms with Gasteiger partial charge >= 0.3 is 5.97 Å². The van der Waals surface area contributed by atoms with Crippen LogP contribution in [0.5, 0.6) is 5.75 Å². The number of nitrogens with zero attached hydrogens (tertiary/aromatic N) is 1. The van der Waals surface area contributed by atoms with Crippen LogP contribution in [0.1, 0.15) is 5.56 Å². The summed E-state index contributed by atoms with van der Waals surface area (Å²) in [6.45, 7) is 0.110. The zero-order valence-corrected chi connectivity index (χ0v) is 13.6. The largest absolute Gasteiger partial charge is 0.490 e. The molecule has 0 radical (unpaired) electrons. The summed E-state index contributed by atoms with van der Waals surface area (Å²) in [5.74, 6) is -0.534. The highest BCUT2D eigenvalue weighted by Gasteiger charge is 2.11. The number of esters is 1. The lowest BCUT2D eigenvalue weighted by Crippen LogP contribution is -2.10. The van der Waals surface area contributed by atoms with Crippen molar-refractivity contribution >= 4 is 29.3 Å². The minimum absolute atomic E-state index is 0.00130. The fourth-order valence-corrected chi connectivity index (χ4v) is 2.00. The van der Waals surface area contributed by atoms with Crippen LogP contribution in [0.3, 0.4) is 0 Å². The normalized spacial score (nSPS) is 10.6. The van der Waals surface area contributed by atoms with Crippen molar-refractivity contribution < 1.29 is 23.6 Å². The summed E-state index contributed by atoms with van der Waals surface area (Å²) in [5, 5.41) is 10.8. The molecule has 8 heteroatoms. The van der Waals surface area contributed by atoms with Gasteiger partial charge in [-0.15, -0.1) is 0 Å². The highest BCUT2D eigenvalue weighted by atomic mass is 35.5. The molecular weight excluding hydrogens is 353 g/mol. The van der Waals surface area contributed by atoms with E-state index >= 15 is 0 Å². The van der Waals surface area contributed by atoms with Crippen molar-refractivity contribution in [3.63, 3.8) is 0 Å². The number of nitro groups is 1. The van der Waals surface area contributed by atoms with Crippen LogP contribution in [0.15, 0.2) is 48.5 Å². The molecule has 0 saturated heterocycles. The molecule has 2 aromatic rings. The van der Waals surface area contributed by atoms with E-state index < -0.39 is 10.9 Å². The number of rotatable bonds is 7. The van der Waals surface area contributed by atoms with Gasteiger partial charge in [-0.05, 0) is 42.0 Å². The molecule has 0 spiro atoms. The molecule has 0 aliphatic rings. The van der Waals surface area contributed by atoms with Crippen LogP contribution in [-0.2, 0) is 9.53 Å². The third-order valence-corrected chi connectivity index (χ3v) is 3.31. The monoisotopic (exact) mass is 365 g/mol. The molecule has 0 bridgehead atoms. The van der Waals surface area contributed by atoms with Gasteiger partial charge < -0.3 is 9.47 Å². The number of carbonyl (C=O) groups is 1. The zero-order chi connectivity index (χ0) is 18.2. The van der Waals surface area contributed by atoms with Crippen LogP contribution in [0.2, 0.25) is 5.02 Å². The average Bonchev–Trinajstić information content (AvgIpc) is 2.59. The number of ether oxygens (including phenoxy) is 2. The standard InChI is InChI=1S/C17H13ClFNO5/c18-15-7-1-12(11-16(15)20(22)23)2-8-17(21)25-10-9-24-14-5-3-13(19)4-6-14/h1-8,11H,9-10H2/b8-2+. The van der Waals surface area contributed by atoms with Crippen molar-refractivity contribution in [2.75, 3.05) is 13.2 Å². The maximum atomic E-state index is 12.7. The number of halogens is 2. The van der Waals surface area contributed by atoms with E-state index in [1.807, 2.05) is 0 Å². The summed E-state index contributed by atoms with van der Waals surface area (Å²) >= 11 is 5.71. The van der Waals surface area contributed by atoms with E-state index in [9.17, 15) is 19.3 Å². The van der Waals surface area contributed by atoms with Gasteiger partial charge in [0, 0.05) is 12.1 Å². The van der Waals surface area contributed by atoms with Gasteiger partial charge in [0.25, 0.3) is 5.69 Å². The summed E-state index contributed by atoms with van der Waals surface area (Å²) in [6, 6.07) is 9.61. The van der Waals surface area contributed by atoms with E-state index in [1.54, 1.807) is 0 Å². The molecule has 0 aliphatic heterocycles. The van der Waals surface area contributed by atoms with Crippen LogP contribution in [0.4, 0.5) is 10.1 Å². The zero-order valence-electron chi connectivity index (χ0n) is 12.9. The summed E-state index contributed by atoms with van der Waals surface area (Å²) in [7, 11) is 0. The Morgan fingerprint density at radius 2 is 1.92 bits per heavy atom. The van der Waals surface area contributed by atoms with E-state index in [-0.39, 0.29) is 29.7 Å². The number of carbonyl (C=O) groups excluding carboxylic acids is 1. The molecule has 0 fully saturated rings. The SMILES string of the molecule is O=C(/C=C/c1ccc(Cl)c([N+](=O)[O-])c1)OCCOc1ccc(F)cc1. The molecular formula is C17H13ClFNO5. The molecule has 0 unspecified atom stereocenters. The van der Waals surface area contributed by atoms with Crippen LogP contribution < -0.4 is 4.74 Å². The Kier molecular flexibility index (Phi) is 6.47. The molecule has 25 heavy (non-hydrogen) atoms. The maximum absolute atomic E-state index is 12.7. The predicted molar refractivity (Wildman–Crippen MR) is 90.0 cm³/mol. The molecule has 2 rings (SSSR count). The average molecular weight is 366 g/mol. The van der Waals surface area contributed by atoms with E-state index in [0.29, 0.717) is 11.3 Å². The fourth-order valence-electron chi connectivity index (χ4n) is 1.82. The Morgan fingerprint density at radius 1 is 1.20 bits per heavy atom. The summed E-state index contributed by atoms with van der Waals surface area (Å²) in [5.41, 5.74) is 0.195. The lowest BCUT2D eigenvalue weighted by Gasteiger charge is -2.06. The first kappa shape index (κ1) is 18.4.